The fourth-order valence-electron chi connectivity index (χ4n) is 5.21. The minimum Gasteiger partial charge on any atom is -0.103 e. The Balaban J connectivity index is 5.37. The molecule has 0 nitrogen and oxygen atoms in total. The number of halogens is 1. The maximum atomic E-state index is 4.06. The van der Waals surface area contributed by atoms with Crippen molar-refractivity contribution in [1.82, 2.24) is 0 Å². The maximum Gasteiger partial charge on any atom is 0.0511 e. The second-order valence-corrected chi connectivity index (χ2v) is 31.5. The van der Waals surface area contributed by atoms with Gasteiger partial charge in [0.1, 0.15) is 0 Å². The molecule has 0 radical (unpaired) electrons. The van der Waals surface area contributed by atoms with Gasteiger partial charge in [-0.15, -0.1) is 19.7 Å². The molecule has 0 saturated heterocycles. The van der Waals surface area contributed by atoms with E-state index in [1.807, 2.05) is 0 Å². The highest BCUT2D eigenvalue weighted by Gasteiger charge is 2.29. The minimum absolute atomic E-state index is 0.00655. The topological polar surface area (TPSA) is 0 Å². The predicted octanol–water partition coefficient (Wildman–Crippen LogP) is 10.0. The molecule has 0 fully saturated rings. The second-order valence-electron chi connectivity index (χ2n) is 12.6. The van der Waals surface area contributed by atoms with Crippen LogP contribution in [0, 0.1) is 5.92 Å². The first kappa shape index (κ1) is 32.6. The van der Waals surface area contributed by atoms with Crippen LogP contribution in [0.5, 0.6) is 0 Å². The van der Waals surface area contributed by atoms with Crippen molar-refractivity contribution in [2.24, 2.45) is 5.92 Å². The molecular formula is C27H57BrSi4. The van der Waals surface area contributed by atoms with Gasteiger partial charge in [0.05, 0.1) is 24.2 Å². The van der Waals surface area contributed by atoms with Gasteiger partial charge in [0.2, 0.25) is 0 Å². The lowest BCUT2D eigenvalue weighted by Crippen LogP contribution is -2.29. The average Bonchev–Trinajstić information content (AvgIpc) is 2.67. The molecule has 32 heavy (non-hydrogen) atoms. The molecule has 188 valence electrons. The molecule has 2 unspecified atom stereocenters. The first-order valence-electron chi connectivity index (χ1n) is 13.3. The van der Waals surface area contributed by atoms with E-state index in [1.54, 1.807) is 0 Å². The Hall–Kier alpha value is 0.568. The lowest BCUT2D eigenvalue weighted by Gasteiger charge is -2.33. The van der Waals surface area contributed by atoms with Crippen molar-refractivity contribution >= 4 is 49.7 Å². The smallest absolute Gasteiger partial charge is 0.0511 e. The normalized spacial score (nSPS) is 15.1. The summed E-state index contributed by atoms with van der Waals surface area (Å²) in [6, 6.07) is 9.86. The summed E-state index contributed by atoms with van der Waals surface area (Å²) in [5.74, 6) is 0.982. The molecule has 0 heterocycles. The zero-order chi connectivity index (χ0) is 24.7. The summed E-state index contributed by atoms with van der Waals surface area (Å²) in [7, 11) is -3.34. The number of alkyl halides is 1. The minimum atomic E-state index is -1.13. The molecule has 2 atom stereocenters. The number of hydrogen-bond donors (Lipinski definition) is 0. The Morgan fingerprint density at radius 1 is 0.688 bits per heavy atom. The summed E-state index contributed by atoms with van der Waals surface area (Å²) in [4.78, 5) is 0. The van der Waals surface area contributed by atoms with Crippen molar-refractivity contribution in [3.8, 4) is 0 Å². The van der Waals surface area contributed by atoms with Crippen LogP contribution in [0.25, 0.3) is 0 Å². The average molecular weight is 574 g/mol. The molecule has 0 aliphatic carbocycles. The molecular weight excluding hydrogens is 517 g/mol. The van der Waals surface area contributed by atoms with Gasteiger partial charge in [-0.2, -0.15) is 0 Å². The molecule has 0 saturated carbocycles. The monoisotopic (exact) mass is 572 g/mol. The van der Waals surface area contributed by atoms with Crippen molar-refractivity contribution in [1.29, 1.82) is 0 Å². The van der Waals surface area contributed by atoms with E-state index in [1.165, 1.54) is 79.7 Å². The summed E-state index contributed by atoms with van der Waals surface area (Å²) in [6.07, 6.45) is 13.9. The third-order valence-corrected chi connectivity index (χ3v) is 20.0. The molecule has 0 N–H and O–H groups in total. The van der Waals surface area contributed by atoms with Crippen LogP contribution in [-0.2, 0) is 0 Å². The lowest BCUT2D eigenvalue weighted by atomic mass is 9.95. The van der Waals surface area contributed by atoms with E-state index in [2.05, 4.69) is 93.2 Å². The van der Waals surface area contributed by atoms with Crippen LogP contribution in [-0.4, -0.2) is 39.1 Å². The lowest BCUT2D eigenvalue weighted by molar-refractivity contribution is 0.420. The van der Waals surface area contributed by atoms with Crippen LogP contribution in [0.2, 0.25) is 87.1 Å². The van der Waals surface area contributed by atoms with E-state index in [0.717, 1.165) is 11.5 Å². The molecule has 0 amide bonds. The van der Waals surface area contributed by atoms with Crippen molar-refractivity contribution in [3.63, 3.8) is 0 Å². The van der Waals surface area contributed by atoms with Gasteiger partial charge in [0.25, 0.3) is 0 Å². The fourth-order valence-corrected chi connectivity index (χ4v) is 15.7. The maximum absolute atomic E-state index is 4.06. The molecule has 0 aromatic rings. The highest BCUT2D eigenvalue weighted by Crippen LogP contribution is 2.38. The summed E-state index contributed by atoms with van der Waals surface area (Å²) < 4.78 is 0. The van der Waals surface area contributed by atoms with Gasteiger partial charge in [-0.3, -0.25) is 0 Å². The van der Waals surface area contributed by atoms with Gasteiger partial charge in [-0.05, 0) is 36.0 Å². The Labute approximate surface area is 217 Å². The van der Waals surface area contributed by atoms with E-state index in [0.29, 0.717) is 0 Å². The van der Waals surface area contributed by atoms with Crippen LogP contribution < -0.4 is 0 Å². The quantitative estimate of drug-likeness (QED) is 0.0555. The second kappa shape index (κ2) is 17.1. The number of allylic oxidation sites excluding steroid dienone is 3. The first-order valence-corrected chi connectivity index (χ1v) is 26.5. The Morgan fingerprint density at radius 2 is 1.16 bits per heavy atom. The van der Waals surface area contributed by atoms with Crippen molar-refractivity contribution in [2.75, 3.05) is 5.33 Å². The van der Waals surface area contributed by atoms with E-state index >= 15 is 0 Å². The zero-order valence-corrected chi connectivity index (χ0v) is 28.8. The molecule has 0 aromatic carbocycles. The van der Waals surface area contributed by atoms with Crippen LogP contribution in [0.1, 0.15) is 32.1 Å². The van der Waals surface area contributed by atoms with Crippen LogP contribution >= 0.6 is 15.9 Å². The summed E-state index contributed by atoms with van der Waals surface area (Å²) >= 11 is 3.69. The van der Waals surface area contributed by atoms with Crippen molar-refractivity contribution in [3.05, 3.63) is 38.0 Å². The Kier molecular flexibility index (Phi) is 17.4. The van der Waals surface area contributed by atoms with Crippen molar-refractivity contribution < 1.29 is 0 Å². The summed E-state index contributed by atoms with van der Waals surface area (Å²) in [6.45, 7) is 27.6. The highest BCUT2D eigenvalue weighted by molar-refractivity contribution is 9.09. The van der Waals surface area contributed by atoms with Gasteiger partial charge in [-0.1, -0.05) is 123 Å². The van der Waals surface area contributed by atoms with E-state index in [4.69, 9.17) is 0 Å². The van der Waals surface area contributed by atoms with E-state index < -0.39 is 24.2 Å². The zero-order valence-electron chi connectivity index (χ0n) is 22.8. The van der Waals surface area contributed by atoms with Gasteiger partial charge >= 0.3 is 0 Å². The highest BCUT2D eigenvalue weighted by atomic mass is 79.9. The Morgan fingerprint density at radius 3 is 1.62 bits per heavy atom. The molecule has 0 aromatic heterocycles. The number of hydrogen-bond acceptors (Lipinski definition) is 0. The Bertz CT molecular complexity index is 528. The van der Waals surface area contributed by atoms with Gasteiger partial charge in [0, 0.05) is 14.8 Å². The van der Waals surface area contributed by atoms with E-state index in [9.17, 15) is 0 Å². The molecule has 5 heteroatoms. The van der Waals surface area contributed by atoms with E-state index in [-0.39, 0.29) is 9.52 Å². The van der Waals surface area contributed by atoms with Gasteiger partial charge in [0.15, 0.2) is 0 Å². The third kappa shape index (κ3) is 16.2. The molecule has 0 aliphatic rings. The van der Waals surface area contributed by atoms with Crippen LogP contribution in [0.3, 0.4) is 0 Å². The van der Waals surface area contributed by atoms with Crippen molar-refractivity contribution in [2.45, 2.75) is 119 Å². The standard InChI is InChI=1S/C27H57BrSi4/c1-10-20-30(4,5)23-13-15-26(16-24-31(6,7)21-11-2)27(29-19-14-18-28)17-25-32(8,9)22-12-3/h10-12,26-27H,1-3,13-25,29H2,4-9H3. The molecule has 0 aliphatic heterocycles. The molecule has 0 rings (SSSR count). The third-order valence-electron chi connectivity index (χ3n) is 7.53. The van der Waals surface area contributed by atoms with Crippen LogP contribution in [0.15, 0.2) is 38.0 Å². The SMILES string of the molecule is C=CC[Si](C)(C)CCCC(CC[Si](C)(C)CC=C)C(CC[Si](C)(C)CC=C)[SiH2]CCCBr. The molecule has 0 spiro atoms. The largest absolute Gasteiger partial charge is 0.103 e. The fraction of sp³-hybridized carbons (Fsp3) is 0.778. The summed E-state index contributed by atoms with van der Waals surface area (Å²) in [5, 5.41) is 1.19. The van der Waals surface area contributed by atoms with Gasteiger partial charge < -0.3 is 0 Å². The van der Waals surface area contributed by atoms with Gasteiger partial charge in [-0.25, -0.2) is 0 Å². The summed E-state index contributed by atoms with van der Waals surface area (Å²) in [5.41, 5.74) is 1.06. The predicted molar refractivity (Wildman–Crippen MR) is 169 cm³/mol. The van der Waals surface area contributed by atoms with Crippen LogP contribution in [0.4, 0.5) is 0 Å². The molecule has 0 bridgehead atoms. The number of rotatable bonds is 21. The first-order chi connectivity index (χ1) is 14.9.